The molecule has 1 aromatic carbocycles. The van der Waals surface area contributed by atoms with Crippen molar-refractivity contribution in [1.29, 1.82) is 0 Å². The highest BCUT2D eigenvalue weighted by Gasteiger charge is 2.33. The Morgan fingerprint density at radius 3 is 2.75 bits per heavy atom. The molecule has 130 valence electrons. The number of carbonyl (C=O) groups is 2. The summed E-state index contributed by atoms with van der Waals surface area (Å²) in [5.74, 6) is -0.587. The van der Waals surface area contributed by atoms with E-state index in [1.165, 1.54) is 0 Å². The molecule has 3 atom stereocenters. The molecule has 0 spiro atoms. The molecule has 3 rings (SSSR count). The zero-order valence-corrected chi connectivity index (χ0v) is 14.2. The fourth-order valence-corrected chi connectivity index (χ4v) is 3.93. The van der Waals surface area contributed by atoms with Crippen molar-refractivity contribution < 1.29 is 14.7 Å². The Hall–Kier alpha value is -1.88. The van der Waals surface area contributed by atoms with E-state index in [9.17, 15) is 14.7 Å². The molecule has 1 aliphatic carbocycles. The molecule has 0 saturated heterocycles. The SMILES string of the molecule is CC1CCN(C(=O)C(=O)NC2CCCCC2CO)c2ccccc21. The topological polar surface area (TPSA) is 69.6 Å². The molecule has 24 heavy (non-hydrogen) atoms. The average Bonchev–Trinajstić information content (AvgIpc) is 2.62. The van der Waals surface area contributed by atoms with Gasteiger partial charge < -0.3 is 15.3 Å². The molecule has 1 saturated carbocycles. The Kier molecular flexibility index (Phi) is 5.19. The summed E-state index contributed by atoms with van der Waals surface area (Å²) in [5, 5.41) is 12.3. The molecule has 5 nitrogen and oxygen atoms in total. The predicted octanol–water partition coefficient (Wildman–Crippen LogP) is 2.19. The normalized spacial score (nSPS) is 26.6. The number of aliphatic hydroxyl groups excluding tert-OH is 1. The van der Waals surface area contributed by atoms with E-state index in [1.54, 1.807) is 4.90 Å². The number of carbonyl (C=O) groups excluding carboxylic acids is 2. The lowest BCUT2D eigenvalue weighted by Crippen LogP contribution is -2.51. The maximum absolute atomic E-state index is 12.7. The van der Waals surface area contributed by atoms with Gasteiger partial charge in [-0.15, -0.1) is 0 Å². The number of rotatable bonds is 2. The van der Waals surface area contributed by atoms with E-state index in [-0.39, 0.29) is 18.6 Å². The zero-order valence-electron chi connectivity index (χ0n) is 14.2. The van der Waals surface area contributed by atoms with Crippen LogP contribution >= 0.6 is 0 Å². The maximum Gasteiger partial charge on any atom is 0.316 e. The lowest BCUT2D eigenvalue weighted by atomic mass is 9.85. The quantitative estimate of drug-likeness (QED) is 0.817. The first kappa shape index (κ1) is 17.0. The van der Waals surface area contributed by atoms with E-state index in [1.807, 2.05) is 24.3 Å². The van der Waals surface area contributed by atoms with E-state index >= 15 is 0 Å². The minimum Gasteiger partial charge on any atom is -0.396 e. The summed E-state index contributed by atoms with van der Waals surface area (Å²) < 4.78 is 0. The molecule has 1 aliphatic heterocycles. The van der Waals surface area contributed by atoms with Gasteiger partial charge in [-0.1, -0.05) is 38.0 Å². The second-order valence-electron chi connectivity index (χ2n) is 7.01. The summed E-state index contributed by atoms with van der Waals surface area (Å²) in [6.45, 7) is 2.77. The van der Waals surface area contributed by atoms with Crippen LogP contribution in [-0.2, 0) is 9.59 Å². The van der Waals surface area contributed by atoms with Gasteiger partial charge in [0.1, 0.15) is 0 Å². The van der Waals surface area contributed by atoms with Crippen molar-refractivity contribution in [2.45, 2.75) is 51.0 Å². The Morgan fingerprint density at radius 2 is 1.96 bits per heavy atom. The minimum absolute atomic E-state index is 0.0587. The second kappa shape index (κ2) is 7.34. The van der Waals surface area contributed by atoms with Crippen molar-refractivity contribution in [2.75, 3.05) is 18.1 Å². The molecule has 5 heteroatoms. The first-order chi connectivity index (χ1) is 11.6. The van der Waals surface area contributed by atoms with Gasteiger partial charge in [-0.3, -0.25) is 9.59 Å². The fraction of sp³-hybridized carbons (Fsp3) is 0.579. The highest BCUT2D eigenvalue weighted by atomic mass is 16.3. The third kappa shape index (κ3) is 3.31. The number of aliphatic hydroxyl groups is 1. The lowest BCUT2D eigenvalue weighted by molar-refractivity contribution is -0.138. The fourth-order valence-electron chi connectivity index (χ4n) is 3.93. The number of hydrogen-bond acceptors (Lipinski definition) is 3. The number of fused-ring (bicyclic) bond motifs is 1. The van der Waals surface area contributed by atoms with Crippen molar-refractivity contribution >= 4 is 17.5 Å². The summed E-state index contributed by atoms with van der Waals surface area (Å²) in [5.41, 5.74) is 1.97. The molecular formula is C19H26N2O3. The maximum atomic E-state index is 12.7. The third-order valence-corrected chi connectivity index (χ3v) is 5.44. The van der Waals surface area contributed by atoms with Crippen molar-refractivity contribution in [3.63, 3.8) is 0 Å². The van der Waals surface area contributed by atoms with E-state index in [4.69, 9.17) is 0 Å². The zero-order chi connectivity index (χ0) is 17.1. The first-order valence-electron chi connectivity index (χ1n) is 8.94. The van der Waals surface area contributed by atoms with Crippen LogP contribution in [0.3, 0.4) is 0 Å². The molecule has 3 unspecified atom stereocenters. The van der Waals surface area contributed by atoms with E-state index in [2.05, 4.69) is 12.2 Å². The van der Waals surface area contributed by atoms with Gasteiger partial charge in [0.05, 0.1) is 0 Å². The number of nitrogens with zero attached hydrogens (tertiary/aromatic N) is 1. The van der Waals surface area contributed by atoms with Crippen molar-refractivity contribution in [1.82, 2.24) is 5.32 Å². The third-order valence-electron chi connectivity index (χ3n) is 5.44. The van der Waals surface area contributed by atoms with Crippen molar-refractivity contribution in [3.8, 4) is 0 Å². The van der Waals surface area contributed by atoms with Crippen LogP contribution < -0.4 is 10.2 Å². The van der Waals surface area contributed by atoms with Gasteiger partial charge in [-0.05, 0) is 36.8 Å². The molecule has 2 amide bonds. The van der Waals surface area contributed by atoms with Crippen LogP contribution in [0.5, 0.6) is 0 Å². The van der Waals surface area contributed by atoms with Crippen LogP contribution in [0.25, 0.3) is 0 Å². The van der Waals surface area contributed by atoms with Gasteiger partial charge in [0.25, 0.3) is 0 Å². The summed E-state index contributed by atoms with van der Waals surface area (Å²) >= 11 is 0. The smallest absolute Gasteiger partial charge is 0.316 e. The monoisotopic (exact) mass is 330 g/mol. The summed E-state index contributed by atoms with van der Waals surface area (Å²) in [4.78, 5) is 26.8. The summed E-state index contributed by atoms with van der Waals surface area (Å²) in [6, 6.07) is 7.71. The molecule has 0 radical (unpaired) electrons. The highest BCUT2D eigenvalue weighted by molar-refractivity contribution is 6.40. The van der Waals surface area contributed by atoms with Crippen LogP contribution in [0, 0.1) is 5.92 Å². The minimum atomic E-state index is -0.551. The molecule has 2 N–H and O–H groups in total. The summed E-state index contributed by atoms with van der Waals surface area (Å²) in [7, 11) is 0. The van der Waals surface area contributed by atoms with E-state index < -0.39 is 11.8 Å². The Balaban J connectivity index is 1.72. The summed E-state index contributed by atoms with van der Waals surface area (Å²) in [6.07, 6.45) is 4.69. The van der Waals surface area contributed by atoms with E-state index in [0.29, 0.717) is 12.5 Å². The molecule has 0 aromatic heterocycles. The van der Waals surface area contributed by atoms with Gasteiger partial charge in [0.2, 0.25) is 0 Å². The number of benzene rings is 1. The van der Waals surface area contributed by atoms with Crippen LogP contribution in [-0.4, -0.2) is 36.1 Å². The van der Waals surface area contributed by atoms with E-state index in [0.717, 1.165) is 43.4 Å². The molecule has 0 bridgehead atoms. The molecule has 1 fully saturated rings. The number of para-hydroxylation sites is 1. The van der Waals surface area contributed by atoms with Crippen LogP contribution in [0.1, 0.15) is 50.5 Å². The lowest BCUT2D eigenvalue weighted by Gasteiger charge is -2.34. The highest BCUT2D eigenvalue weighted by Crippen LogP contribution is 2.34. The molecule has 1 heterocycles. The second-order valence-corrected chi connectivity index (χ2v) is 7.01. The van der Waals surface area contributed by atoms with Gasteiger partial charge in [0, 0.05) is 30.8 Å². The van der Waals surface area contributed by atoms with Crippen LogP contribution in [0.15, 0.2) is 24.3 Å². The van der Waals surface area contributed by atoms with Crippen LogP contribution in [0.4, 0.5) is 5.69 Å². The number of anilines is 1. The standard InChI is InChI=1S/C19H26N2O3/c1-13-10-11-21(17-9-5-3-7-15(13)17)19(24)18(23)20-16-8-4-2-6-14(16)12-22/h3,5,7,9,13-14,16,22H,2,4,6,8,10-12H2,1H3,(H,20,23). The van der Waals surface area contributed by atoms with Gasteiger partial charge in [0.15, 0.2) is 0 Å². The van der Waals surface area contributed by atoms with Crippen LogP contribution in [0.2, 0.25) is 0 Å². The molecular weight excluding hydrogens is 304 g/mol. The van der Waals surface area contributed by atoms with Crippen molar-refractivity contribution in [3.05, 3.63) is 29.8 Å². The Labute approximate surface area is 143 Å². The Bertz CT molecular complexity index is 616. The molecule has 1 aromatic rings. The van der Waals surface area contributed by atoms with Crippen molar-refractivity contribution in [2.24, 2.45) is 5.92 Å². The largest absolute Gasteiger partial charge is 0.396 e. The Morgan fingerprint density at radius 1 is 1.21 bits per heavy atom. The number of hydrogen-bond donors (Lipinski definition) is 2. The van der Waals surface area contributed by atoms with Gasteiger partial charge >= 0.3 is 11.8 Å². The van der Waals surface area contributed by atoms with Gasteiger partial charge in [-0.25, -0.2) is 0 Å². The predicted molar refractivity (Wildman–Crippen MR) is 92.8 cm³/mol. The number of nitrogens with one attached hydrogen (secondary N) is 1. The van der Waals surface area contributed by atoms with Gasteiger partial charge in [-0.2, -0.15) is 0 Å². The number of amides is 2. The first-order valence-corrected chi connectivity index (χ1v) is 8.94. The molecule has 2 aliphatic rings. The average molecular weight is 330 g/mol.